The molecule has 27 heavy (non-hydrogen) atoms. The lowest BCUT2D eigenvalue weighted by Crippen LogP contribution is -2.45. The summed E-state index contributed by atoms with van der Waals surface area (Å²) >= 11 is 1.55. The molecule has 1 unspecified atom stereocenters. The molecular weight excluding hydrogens is 360 g/mol. The number of rotatable bonds is 6. The van der Waals surface area contributed by atoms with Crippen LogP contribution in [0.4, 0.5) is 5.82 Å². The van der Waals surface area contributed by atoms with E-state index in [0.717, 1.165) is 40.9 Å². The molecular formula is C20H26N4O2S. The second kappa shape index (κ2) is 9.08. The number of hydrogen-bond acceptors (Lipinski definition) is 6. The summed E-state index contributed by atoms with van der Waals surface area (Å²) in [5.74, 6) is 1.79. The minimum absolute atomic E-state index is 0.00813. The number of carbonyl (C=O) groups is 1. The highest BCUT2D eigenvalue weighted by Crippen LogP contribution is 2.29. The highest BCUT2D eigenvalue weighted by Gasteiger charge is 2.27. The van der Waals surface area contributed by atoms with Crippen molar-refractivity contribution >= 4 is 23.5 Å². The van der Waals surface area contributed by atoms with E-state index in [1.54, 1.807) is 18.9 Å². The first-order valence-corrected chi connectivity index (χ1v) is 10.1. The number of piperidine rings is 1. The molecule has 0 bridgehead atoms. The molecule has 1 amide bonds. The molecule has 1 saturated heterocycles. The SMILES string of the molecule is COc1cccc(Sc2ccc(N3CCCC(C(=O)NC(C)C)C3)nn2)c1. The molecule has 0 spiro atoms. The van der Waals surface area contributed by atoms with Crippen LogP contribution in [-0.2, 0) is 4.79 Å². The molecule has 1 aliphatic rings. The number of benzene rings is 1. The summed E-state index contributed by atoms with van der Waals surface area (Å²) < 4.78 is 5.26. The van der Waals surface area contributed by atoms with E-state index < -0.39 is 0 Å². The van der Waals surface area contributed by atoms with Crippen molar-refractivity contribution in [2.45, 2.75) is 42.7 Å². The standard InChI is InChI=1S/C20H26N4O2S/c1-14(2)21-20(25)15-6-5-11-24(13-15)18-9-10-19(23-22-18)27-17-8-4-7-16(12-17)26-3/h4,7-10,12,14-15H,5-6,11,13H2,1-3H3,(H,21,25). The lowest BCUT2D eigenvalue weighted by atomic mass is 9.97. The van der Waals surface area contributed by atoms with E-state index in [4.69, 9.17) is 4.74 Å². The fourth-order valence-electron chi connectivity index (χ4n) is 3.12. The fourth-order valence-corrected chi connectivity index (χ4v) is 3.90. The van der Waals surface area contributed by atoms with Crippen LogP contribution in [0.15, 0.2) is 46.3 Å². The predicted octanol–water partition coefficient (Wildman–Crippen LogP) is 3.38. The van der Waals surface area contributed by atoms with E-state index in [1.165, 1.54) is 0 Å². The summed E-state index contributed by atoms with van der Waals surface area (Å²) in [6.45, 7) is 5.57. The molecule has 0 saturated carbocycles. The molecule has 7 heteroatoms. The van der Waals surface area contributed by atoms with Crippen LogP contribution in [0.25, 0.3) is 0 Å². The third-order valence-electron chi connectivity index (χ3n) is 4.44. The molecule has 1 aromatic carbocycles. The quantitative estimate of drug-likeness (QED) is 0.821. The van der Waals surface area contributed by atoms with Gasteiger partial charge in [0.1, 0.15) is 10.8 Å². The number of carbonyl (C=O) groups excluding carboxylic acids is 1. The van der Waals surface area contributed by atoms with Crippen LogP contribution in [0.2, 0.25) is 0 Å². The Balaban J connectivity index is 1.63. The van der Waals surface area contributed by atoms with Crippen molar-refractivity contribution in [1.82, 2.24) is 15.5 Å². The van der Waals surface area contributed by atoms with Gasteiger partial charge in [0.25, 0.3) is 0 Å². The second-order valence-corrected chi connectivity index (χ2v) is 8.05. The van der Waals surface area contributed by atoms with Gasteiger partial charge in [-0.25, -0.2) is 0 Å². The zero-order valence-electron chi connectivity index (χ0n) is 16.0. The summed E-state index contributed by atoms with van der Waals surface area (Å²) in [5.41, 5.74) is 0. The topological polar surface area (TPSA) is 67.3 Å². The molecule has 6 nitrogen and oxygen atoms in total. The molecule has 1 aromatic heterocycles. The normalized spacial score (nSPS) is 17.0. The molecule has 1 atom stereocenters. The summed E-state index contributed by atoms with van der Waals surface area (Å²) in [7, 11) is 1.66. The van der Waals surface area contributed by atoms with Crippen molar-refractivity contribution in [3.8, 4) is 5.75 Å². The molecule has 0 aliphatic carbocycles. The van der Waals surface area contributed by atoms with Crippen molar-refractivity contribution in [3.05, 3.63) is 36.4 Å². The van der Waals surface area contributed by atoms with Crippen LogP contribution >= 0.6 is 11.8 Å². The molecule has 1 aliphatic heterocycles. The van der Waals surface area contributed by atoms with Gasteiger partial charge in [-0.3, -0.25) is 4.79 Å². The third-order valence-corrected chi connectivity index (χ3v) is 5.35. The largest absolute Gasteiger partial charge is 0.497 e. The van der Waals surface area contributed by atoms with Gasteiger partial charge in [-0.05, 0) is 57.0 Å². The number of nitrogens with one attached hydrogen (secondary N) is 1. The van der Waals surface area contributed by atoms with Gasteiger partial charge in [-0.1, -0.05) is 17.8 Å². The van der Waals surface area contributed by atoms with Gasteiger partial charge in [0.15, 0.2) is 5.82 Å². The minimum atomic E-state index is 0.00813. The van der Waals surface area contributed by atoms with Crippen LogP contribution in [0.1, 0.15) is 26.7 Å². The smallest absolute Gasteiger partial charge is 0.225 e. The zero-order chi connectivity index (χ0) is 19.2. The van der Waals surface area contributed by atoms with Gasteiger partial charge in [-0.15, -0.1) is 10.2 Å². The van der Waals surface area contributed by atoms with E-state index >= 15 is 0 Å². The van der Waals surface area contributed by atoms with Crippen LogP contribution < -0.4 is 15.0 Å². The third kappa shape index (κ3) is 5.35. The molecule has 2 aromatic rings. The van der Waals surface area contributed by atoms with E-state index in [2.05, 4.69) is 20.4 Å². The Kier molecular flexibility index (Phi) is 6.55. The second-order valence-electron chi connectivity index (χ2n) is 6.96. The maximum absolute atomic E-state index is 12.3. The van der Waals surface area contributed by atoms with Crippen molar-refractivity contribution < 1.29 is 9.53 Å². The van der Waals surface area contributed by atoms with Crippen molar-refractivity contribution in [2.75, 3.05) is 25.1 Å². The first-order valence-electron chi connectivity index (χ1n) is 9.26. The molecule has 0 radical (unpaired) electrons. The molecule has 3 rings (SSSR count). The van der Waals surface area contributed by atoms with Crippen LogP contribution in [-0.4, -0.2) is 42.3 Å². The number of hydrogen-bond donors (Lipinski definition) is 1. The summed E-state index contributed by atoms with van der Waals surface area (Å²) in [6.07, 6.45) is 1.91. The lowest BCUT2D eigenvalue weighted by Gasteiger charge is -2.32. The van der Waals surface area contributed by atoms with Gasteiger partial charge in [0, 0.05) is 24.0 Å². The fraction of sp³-hybridized carbons (Fsp3) is 0.450. The minimum Gasteiger partial charge on any atom is -0.497 e. The highest BCUT2D eigenvalue weighted by molar-refractivity contribution is 7.99. The van der Waals surface area contributed by atoms with Gasteiger partial charge in [0.2, 0.25) is 5.91 Å². The predicted molar refractivity (Wildman–Crippen MR) is 107 cm³/mol. The molecule has 1 fully saturated rings. The summed E-state index contributed by atoms with van der Waals surface area (Å²) in [4.78, 5) is 15.5. The molecule has 1 N–H and O–H groups in total. The van der Waals surface area contributed by atoms with Gasteiger partial charge >= 0.3 is 0 Å². The van der Waals surface area contributed by atoms with Gasteiger partial charge in [0.05, 0.1) is 13.0 Å². The van der Waals surface area contributed by atoms with Crippen LogP contribution in [0.5, 0.6) is 5.75 Å². The van der Waals surface area contributed by atoms with Gasteiger partial charge < -0.3 is 15.0 Å². The Bertz CT molecular complexity index is 767. The van der Waals surface area contributed by atoms with E-state index in [1.807, 2.05) is 50.2 Å². The number of anilines is 1. The Morgan fingerprint density at radius 3 is 2.85 bits per heavy atom. The Morgan fingerprint density at radius 1 is 1.30 bits per heavy atom. The number of ether oxygens (including phenoxy) is 1. The average Bonchev–Trinajstić information content (AvgIpc) is 2.68. The monoisotopic (exact) mass is 386 g/mol. The number of nitrogens with zero attached hydrogens (tertiary/aromatic N) is 3. The lowest BCUT2D eigenvalue weighted by molar-refractivity contribution is -0.125. The van der Waals surface area contributed by atoms with E-state index in [0.29, 0.717) is 6.54 Å². The van der Waals surface area contributed by atoms with Gasteiger partial charge in [-0.2, -0.15) is 0 Å². The maximum Gasteiger partial charge on any atom is 0.225 e. The Hall–Kier alpha value is -2.28. The molecule has 144 valence electrons. The van der Waals surface area contributed by atoms with Crippen LogP contribution in [0.3, 0.4) is 0 Å². The first-order chi connectivity index (χ1) is 13.0. The number of methoxy groups -OCH3 is 1. The number of aromatic nitrogens is 2. The highest BCUT2D eigenvalue weighted by atomic mass is 32.2. The van der Waals surface area contributed by atoms with Crippen LogP contribution in [0, 0.1) is 5.92 Å². The summed E-state index contributed by atoms with van der Waals surface area (Å²) in [6, 6.07) is 12.0. The average molecular weight is 387 g/mol. The van der Waals surface area contributed by atoms with Crippen molar-refractivity contribution in [1.29, 1.82) is 0 Å². The zero-order valence-corrected chi connectivity index (χ0v) is 16.8. The van der Waals surface area contributed by atoms with Crippen molar-refractivity contribution in [3.63, 3.8) is 0 Å². The van der Waals surface area contributed by atoms with Crippen molar-refractivity contribution in [2.24, 2.45) is 5.92 Å². The van der Waals surface area contributed by atoms with E-state index in [9.17, 15) is 4.79 Å². The Morgan fingerprint density at radius 2 is 2.15 bits per heavy atom. The number of amides is 1. The first kappa shape index (κ1) is 19.5. The summed E-state index contributed by atoms with van der Waals surface area (Å²) in [5, 5.41) is 12.6. The van der Waals surface area contributed by atoms with E-state index in [-0.39, 0.29) is 17.9 Å². The maximum atomic E-state index is 12.3. The molecule has 2 heterocycles. The Labute approximate surface area is 164 Å².